The van der Waals surface area contributed by atoms with Crippen molar-refractivity contribution >= 4 is 11.6 Å². The summed E-state index contributed by atoms with van der Waals surface area (Å²) in [6, 6.07) is 14.9. The molecule has 94 valence electrons. The molecule has 18 heavy (non-hydrogen) atoms. The number of rotatable bonds is 4. The molecular weight excluding hydrogens is 248 g/mol. The van der Waals surface area contributed by atoms with Gasteiger partial charge in [-0.15, -0.1) is 0 Å². The average molecular weight is 263 g/mol. The second kappa shape index (κ2) is 5.89. The molecule has 0 saturated carbocycles. The highest BCUT2D eigenvalue weighted by molar-refractivity contribution is 6.31. The van der Waals surface area contributed by atoms with Crippen LogP contribution in [0.4, 0.5) is 0 Å². The number of halogens is 1. The fourth-order valence-electron chi connectivity index (χ4n) is 1.64. The van der Waals surface area contributed by atoms with E-state index in [9.17, 15) is 5.11 Å². The summed E-state index contributed by atoms with van der Waals surface area (Å²) in [5.74, 6) is 0.742. The maximum absolute atomic E-state index is 10.0. The van der Waals surface area contributed by atoms with E-state index < -0.39 is 6.10 Å². The van der Waals surface area contributed by atoms with E-state index in [2.05, 4.69) is 0 Å². The van der Waals surface area contributed by atoms with Crippen molar-refractivity contribution < 1.29 is 9.84 Å². The largest absolute Gasteiger partial charge is 0.491 e. The van der Waals surface area contributed by atoms with Crippen LogP contribution in [0.5, 0.6) is 5.75 Å². The Balaban J connectivity index is 1.98. The van der Waals surface area contributed by atoms with Crippen LogP contribution >= 0.6 is 11.6 Å². The van der Waals surface area contributed by atoms with Crippen molar-refractivity contribution in [2.75, 3.05) is 6.61 Å². The molecular formula is C15H15ClO2. The maximum atomic E-state index is 10.0. The molecule has 1 atom stereocenters. The Morgan fingerprint density at radius 1 is 1.11 bits per heavy atom. The minimum atomic E-state index is -0.722. The van der Waals surface area contributed by atoms with E-state index in [1.807, 2.05) is 43.3 Å². The van der Waals surface area contributed by atoms with Gasteiger partial charge in [0.25, 0.3) is 0 Å². The average Bonchev–Trinajstić information content (AvgIpc) is 2.38. The number of hydrogen-bond acceptors (Lipinski definition) is 2. The first kappa shape index (κ1) is 12.9. The zero-order valence-electron chi connectivity index (χ0n) is 10.1. The molecule has 0 saturated heterocycles. The van der Waals surface area contributed by atoms with Gasteiger partial charge in [-0.1, -0.05) is 47.5 Å². The SMILES string of the molecule is Cc1ccc(OCC(O)c2ccccc2Cl)cc1. The summed E-state index contributed by atoms with van der Waals surface area (Å²) < 4.78 is 5.52. The first-order valence-electron chi connectivity index (χ1n) is 5.79. The van der Waals surface area contributed by atoms with Crippen LogP contribution in [0.15, 0.2) is 48.5 Å². The van der Waals surface area contributed by atoms with Gasteiger partial charge in [-0.2, -0.15) is 0 Å². The monoisotopic (exact) mass is 262 g/mol. The summed E-state index contributed by atoms with van der Waals surface area (Å²) in [5, 5.41) is 10.6. The molecule has 1 N–H and O–H groups in total. The quantitative estimate of drug-likeness (QED) is 0.909. The zero-order valence-corrected chi connectivity index (χ0v) is 10.9. The molecule has 0 spiro atoms. The molecule has 0 heterocycles. The van der Waals surface area contributed by atoms with E-state index >= 15 is 0 Å². The first-order valence-corrected chi connectivity index (χ1v) is 6.16. The van der Waals surface area contributed by atoms with Gasteiger partial charge in [0.05, 0.1) is 0 Å². The maximum Gasteiger partial charge on any atom is 0.119 e. The summed E-state index contributed by atoms with van der Waals surface area (Å²) in [4.78, 5) is 0. The highest BCUT2D eigenvalue weighted by Gasteiger charge is 2.11. The third-order valence-electron chi connectivity index (χ3n) is 2.69. The highest BCUT2D eigenvalue weighted by Crippen LogP contribution is 2.23. The molecule has 2 rings (SSSR count). The van der Waals surface area contributed by atoms with Gasteiger partial charge in [0.15, 0.2) is 0 Å². The van der Waals surface area contributed by atoms with Crippen molar-refractivity contribution in [3.63, 3.8) is 0 Å². The minimum Gasteiger partial charge on any atom is -0.491 e. The lowest BCUT2D eigenvalue weighted by molar-refractivity contribution is 0.108. The number of hydrogen-bond donors (Lipinski definition) is 1. The summed E-state index contributed by atoms with van der Waals surface area (Å²) in [6.07, 6.45) is -0.722. The third kappa shape index (κ3) is 3.25. The van der Waals surface area contributed by atoms with Crippen LogP contribution in [0.3, 0.4) is 0 Å². The molecule has 1 unspecified atom stereocenters. The lowest BCUT2D eigenvalue weighted by Gasteiger charge is -2.14. The van der Waals surface area contributed by atoms with E-state index in [0.29, 0.717) is 10.6 Å². The topological polar surface area (TPSA) is 29.5 Å². The van der Waals surface area contributed by atoms with Gasteiger partial charge < -0.3 is 9.84 Å². The lowest BCUT2D eigenvalue weighted by atomic mass is 10.1. The molecule has 0 bridgehead atoms. The number of ether oxygens (including phenoxy) is 1. The molecule has 0 amide bonds. The smallest absolute Gasteiger partial charge is 0.119 e. The van der Waals surface area contributed by atoms with Gasteiger partial charge in [-0.3, -0.25) is 0 Å². The molecule has 0 radical (unpaired) electrons. The molecule has 2 aromatic carbocycles. The predicted octanol–water partition coefficient (Wildman–Crippen LogP) is 3.76. The van der Waals surface area contributed by atoms with Crippen LogP contribution in [0.25, 0.3) is 0 Å². The molecule has 0 fully saturated rings. The predicted molar refractivity (Wildman–Crippen MR) is 73.1 cm³/mol. The van der Waals surface area contributed by atoms with Gasteiger partial charge >= 0.3 is 0 Å². The number of aliphatic hydroxyl groups is 1. The second-order valence-electron chi connectivity index (χ2n) is 4.16. The van der Waals surface area contributed by atoms with E-state index in [0.717, 1.165) is 5.75 Å². The normalized spacial score (nSPS) is 12.2. The van der Waals surface area contributed by atoms with Gasteiger partial charge in [-0.25, -0.2) is 0 Å². The number of aliphatic hydroxyl groups excluding tert-OH is 1. The Labute approximate surface area is 112 Å². The van der Waals surface area contributed by atoms with Crippen LogP contribution in [-0.4, -0.2) is 11.7 Å². The fourth-order valence-corrected chi connectivity index (χ4v) is 1.91. The van der Waals surface area contributed by atoms with Crippen LogP contribution in [0.2, 0.25) is 5.02 Å². The standard InChI is InChI=1S/C15H15ClO2/c1-11-6-8-12(9-7-11)18-10-15(17)13-4-2-3-5-14(13)16/h2-9,15,17H,10H2,1H3. The summed E-state index contributed by atoms with van der Waals surface area (Å²) in [5.41, 5.74) is 1.86. The van der Waals surface area contributed by atoms with Crippen molar-refractivity contribution in [1.29, 1.82) is 0 Å². The van der Waals surface area contributed by atoms with Gasteiger partial charge in [0.1, 0.15) is 18.5 Å². The first-order chi connectivity index (χ1) is 8.66. The molecule has 0 aliphatic rings. The van der Waals surface area contributed by atoms with Crippen LogP contribution in [0, 0.1) is 6.92 Å². The summed E-state index contributed by atoms with van der Waals surface area (Å²) in [6.45, 7) is 2.20. The molecule has 2 aromatic rings. The number of benzene rings is 2. The van der Waals surface area contributed by atoms with Crippen LogP contribution in [0.1, 0.15) is 17.2 Å². The van der Waals surface area contributed by atoms with E-state index in [-0.39, 0.29) is 6.61 Å². The Morgan fingerprint density at radius 3 is 2.44 bits per heavy atom. The van der Waals surface area contributed by atoms with Crippen molar-refractivity contribution in [2.24, 2.45) is 0 Å². The molecule has 2 nitrogen and oxygen atoms in total. The fraction of sp³-hybridized carbons (Fsp3) is 0.200. The van der Waals surface area contributed by atoms with Crippen molar-refractivity contribution in [3.8, 4) is 5.75 Å². The Hall–Kier alpha value is -1.51. The van der Waals surface area contributed by atoms with Crippen LogP contribution < -0.4 is 4.74 Å². The van der Waals surface area contributed by atoms with Crippen molar-refractivity contribution in [1.82, 2.24) is 0 Å². The molecule has 0 aliphatic carbocycles. The highest BCUT2D eigenvalue weighted by atomic mass is 35.5. The zero-order chi connectivity index (χ0) is 13.0. The second-order valence-corrected chi connectivity index (χ2v) is 4.57. The summed E-state index contributed by atoms with van der Waals surface area (Å²) >= 11 is 6.01. The van der Waals surface area contributed by atoms with E-state index in [1.54, 1.807) is 12.1 Å². The van der Waals surface area contributed by atoms with Gasteiger partial charge in [0, 0.05) is 10.6 Å². The summed E-state index contributed by atoms with van der Waals surface area (Å²) in [7, 11) is 0. The molecule has 0 aliphatic heterocycles. The van der Waals surface area contributed by atoms with Crippen LogP contribution in [-0.2, 0) is 0 Å². The minimum absolute atomic E-state index is 0.187. The van der Waals surface area contributed by atoms with Gasteiger partial charge in [-0.05, 0) is 25.1 Å². The Kier molecular flexibility index (Phi) is 4.24. The third-order valence-corrected chi connectivity index (χ3v) is 3.04. The van der Waals surface area contributed by atoms with Crippen molar-refractivity contribution in [3.05, 3.63) is 64.7 Å². The Bertz CT molecular complexity index is 508. The van der Waals surface area contributed by atoms with E-state index in [4.69, 9.17) is 16.3 Å². The molecule has 0 aromatic heterocycles. The lowest BCUT2D eigenvalue weighted by Crippen LogP contribution is -2.10. The Morgan fingerprint density at radius 2 is 1.78 bits per heavy atom. The number of aryl methyl sites for hydroxylation is 1. The van der Waals surface area contributed by atoms with Gasteiger partial charge in [0.2, 0.25) is 0 Å². The molecule has 3 heteroatoms. The van der Waals surface area contributed by atoms with E-state index in [1.165, 1.54) is 5.56 Å². The van der Waals surface area contributed by atoms with Crippen molar-refractivity contribution in [2.45, 2.75) is 13.0 Å².